The molecule has 0 saturated heterocycles. The Morgan fingerprint density at radius 2 is 2.17 bits per heavy atom. The van der Waals surface area contributed by atoms with Gasteiger partial charge in [0.05, 0.1) is 18.7 Å². The number of ether oxygens (including phenoxy) is 1. The van der Waals surface area contributed by atoms with Crippen molar-refractivity contribution in [2.45, 2.75) is 12.8 Å². The van der Waals surface area contributed by atoms with E-state index < -0.39 is 5.41 Å². The van der Waals surface area contributed by atoms with E-state index >= 15 is 0 Å². The highest BCUT2D eigenvalue weighted by Crippen LogP contribution is 2.46. The molecule has 0 atom stereocenters. The lowest BCUT2D eigenvalue weighted by atomic mass is 10.1. The number of rotatable bonds is 3. The van der Waals surface area contributed by atoms with Crippen LogP contribution in [0.2, 0.25) is 0 Å². The highest BCUT2D eigenvalue weighted by Gasteiger charge is 2.50. The molecule has 0 spiro atoms. The molecule has 0 bridgehead atoms. The van der Waals surface area contributed by atoms with Crippen LogP contribution in [-0.2, 0) is 4.79 Å². The van der Waals surface area contributed by atoms with E-state index in [1.165, 1.54) is 7.11 Å². The quantitative estimate of drug-likeness (QED) is 0.874. The second kappa shape index (κ2) is 4.38. The Labute approximate surface area is 105 Å². The second-order valence-electron chi connectivity index (χ2n) is 4.14. The number of hydrogen-bond acceptors (Lipinski definition) is 4. The van der Waals surface area contributed by atoms with Gasteiger partial charge in [-0.05, 0) is 25.0 Å². The Balaban J connectivity index is 2.32. The van der Waals surface area contributed by atoms with E-state index in [4.69, 9.17) is 15.3 Å². The average molecular weight is 241 g/mol. The molecular formula is C13H11N3O2. The molecule has 0 radical (unpaired) electrons. The lowest BCUT2D eigenvalue weighted by molar-refractivity contribution is -0.119. The first-order valence-corrected chi connectivity index (χ1v) is 5.46. The van der Waals surface area contributed by atoms with E-state index in [9.17, 15) is 4.79 Å². The SMILES string of the molecule is COc1cccc(C#N)c1NC(=O)C1(C#N)CC1. The largest absolute Gasteiger partial charge is 0.495 e. The molecule has 5 heteroatoms. The van der Waals surface area contributed by atoms with Crippen molar-refractivity contribution in [2.75, 3.05) is 12.4 Å². The summed E-state index contributed by atoms with van der Waals surface area (Å²) in [6.45, 7) is 0. The lowest BCUT2D eigenvalue weighted by Crippen LogP contribution is -2.23. The van der Waals surface area contributed by atoms with Crippen molar-refractivity contribution in [1.82, 2.24) is 0 Å². The highest BCUT2D eigenvalue weighted by molar-refractivity contribution is 6.01. The average Bonchev–Trinajstić information content (AvgIpc) is 3.20. The fourth-order valence-electron chi connectivity index (χ4n) is 1.67. The third-order valence-electron chi connectivity index (χ3n) is 3.00. The van der Waals surface area contributed by atoms with Crippen LogP contribution >= 0.6 is 0 Å². The standard InChI is InChI=1S/C13H11N3O2/c1-18-10-4-2-3-9(7-14)11(10)16-12(17)13(8-15)5-6-13/h2-4H,5-6H2,1H3,(H,16,17). The predicted molar refractivity (Wildman–Crippen MR) is 63.6 cm³/mol. The van der Waals surface area contributed by atoms with Crippen molar-refractivity contribution >= 4 is 11.6 Å². The summed E-state index contributed by atoms with van der Waals surface area (Å²) in [6.07, 6.45) is 1.12. The van der Waals surface area contributed by atoms with Gasteiger partial charge in [-0.3, -0.25) is 4.79 Å². The van der Waals surface area contributed by atoms with Gasteiger partial charge in [-0.1, -0.05) is 6.07 Å². The van der Waals surface area contributed by atoms with Crippen molar-refractivity contribution in [3.8, 4) is 17.9 Å². The molecule has 1 amide bonds. The van der Waals surface area contributed by atoms with Gasteiger partial charge < -0.3 is 10.1 Å². The maximum Gasteiger partial charge on any atom is 0.244 e. The number of amides is 1. The van der Waals surface area contributed by atoms with Gasteiger partial charge in [-0.2, -0.15) is 10.5 Å². The number of hydrogen-bond donors (Lipinski definition) is 1. The Kier molecular flexibility index (Phi) is 2.91. The number of nitrogens with zero attached hydrogens (tertiary/aromatic N) is 2. The summed E-state index contributed by atoms with van der Waals surface area (Å²) in [5, 5.41) is 20.6. The van der Waals surface area contributed by atoms with Crippen LogP contribution in [0.3, 0.4) is 0 Å². The minimum atomic E-state index is -0.923. The van der Waals surface area contributed by atoms with Crippen molar-refractivity contribution < 1.29 is 9.53 Å². The summed E-state index contributed by atoms with van der Waals surface area (Å²) in [6, 6.07) is 8.91. The third kappa shape index (κ3) is 1.87. The van der Waals surface area contributed by atoms with E-state index in [1.807, 2.05) is 12.1 Å². The Morgan fingerprint density at radius 3 is 2.67 bits per heavy atom. The molecule has 1 aliphatic rings. The number of para-hydroxylation sites is 1. The Bertz CT molecular complexity index is 577. The van der Waals surface area contributed by atoms with Crippen LogP contribution < -0.4 is 10.1 Å². The summed E-state index contributed by atoms with van der Waals surface area (Å²) >= 11 is 0. The summed E-state index contributed by atoms with van der Waals surface area (Å²) in [5.41, 5.74) is -0.279. The smallest absolute Gasteiger partial charge is 0.244 e. The van der Waals surface area contributed by atoms with Crippen LogP contribution in [0.15, 0.2) is 18.2 Å². The fraction of sp³-hybridized carbons (Fsp3) is 0.308. The van der Waals surface area contributed by atoms with Crippen LogP contribution in [0.5, 0.6) is 5.75 Å². The van der Waals surface area contributed by atoms with E-state index in [1.54, 1.807) is 18.2 Å². The molecule has 0 unspecified atom stereocenters. The second-order valence-corrected chi connectivity index (χ2v) is 4.14. The zero-order valence-corrected chi connectivity index (χ0v) is 9.86. The van der Waals surface area contributed by atoms with Gasteiger partial charge in [0, 0.05) is 0 Å². The molecule has 1 aromatic carbocycles. The molecule has 5 nitrogen and oxygen atoms in total. The lowest BCUT2D eigenvalue weighted by Gasteiger charge is -2.13. The molecule has 1 aliphatic carbocycles. The van der Waals surface area contributed by atoms with Gasteiger partial charge >= 0.3 is 0 Å². The maximum absolute atomic E-state index is 12.0. The van der Waals surface area contributed by atoms with Crippen molar-refractivity contribution in [3.05, 3.63) is 23.8 Å². The fourth-order valence-corrected chi connectivity index (χ4v) is 1.67. The van der Waals surface area contributed by atoms with E-state index in [0.717, 1.165) is 0 Å². The van der Waals surface area contributed by atoms with Crippen molar-refractivity contribution in [2.24, 2.45) is 5.41 Å². The minimum Gasteiger partial charge on any atom is -0.495 e. The Morgan fingerprint density at radius 1 is 1.44 bits per heavy atom. The van der Waals surface area contributed by atoms with Crippen molar-refractivity contribution in [1.29, 1.82) is 10.5 Å². The molecule has 1 fully saturated rings. The van der Waals surface area contributed by atoms with Gasteiger partial charge in [0.25, 0.3) is 0 Å². The number of anilines is 1. The number of carbonyl (C=O) groups excluding carboxylic acids is 1. The van der Waals surface area contributed by atoms with Gasteiger partial charge in [0.1, 0.15) is 22.9 Å². The molecule has 0 aromatic heterocycles. The first kappa shape index (κ1) is 11.9. The molecule has 1 aromatic rings. The van der Waals surface area contributed by atoms with Gasteiger partial charge in [-0.25, -0.2) is 0 Å². The molecule has 90 valence electrons. The number of methoxy groups -OCH3 is 1. The maximum atomic E-state index is 12.0. The molecule has 18 heavy (non-hydrogen) atoms. The van der Waals surface area contributed by atoms with Crippen LogP contribution in [0.25, 0.3) is 0 Å². The van der Waals surface area contributed by atoms with E-state index in [-0.39, 0.29) is 5.91 Å². The van der Waals surface area contributed by atoms with Crippen LogP contribution in [0.4, 0.5) is 5.69 Å². The van der Waals surface area contributed by atoms with Gasteiger partial charge in [-0.15, -0.1) is 0 Å². The molecule has 2 rings (SSSR count). The summed E-state index contributed by atoms with van der Waals surface area (Å²) < 4.78 is 5.11. The topological polar surface area (TPSA) is 85.9 Å². The first-order valence-electron chi connectivity index (χ1n) is 5.46. The highest BCUT2D eigenvalue weighted by atomic mass is 16.5. The van der Waals surface area contributed by atoms with Gasteiger partial charge in [0.15, 0.2) is 0 Å². The number of carbonyl (C=O) groups is 1. The van der Waals surface area contributed by atoms with E-state index in [2.05, 4.69) is 5.32 Å². The summed E-state index contributed by atoms with van der Waals surface area (Å²) in [5.74, 6) is 0.0436. The van der Waals surface area contributed by atoms with Crippen LogP contribution in [-0.4, -0.2) is 13.0 Å². The van der Waals surface area contributed by atoms with Gasteiger partial charge in [0.2, 0.25) is 5.91 Å². The zero-order chi connectivity index (χ0) is 13.2. The molecular weight excluding hydrogens is 230 g/mol. The molecule has 1 N–H and O–H groups in total. The molecule has 1 saturated carbocycles. The predicted octanol–water partition coefficient (Wildman–Crippen LogP) is 1.81. The number of benzene rings is 1. The Hall–Kier alpha value is -2.53. The summed E-state index contributed by atoms with van der Waals surface area (Å²) in [4.78, 5) is 12.0. The first-order chi connectivity index (χ1) is 8.66. The van der Waals surface area contributed by atoms with Crippen LogP contribution in [0, 0.1) is 28.1 Å². The van der Waals surface area contributed by atoms with Crippen LogP contribution in [0.1, 0.15) is 18.4 Å². The number of nitrogens with one attached hydrogen (secondary N) is 1. The third-order valence-corrected chi connectivity index (χ3v) is 3.00. The summed E-state index contributed by atoms with van der Waals surface area (Å²) in [7, 11) is 1.46. The minimum absolute atomic E-state index is 0.316. The zero-order valence-electron chi connectivity index (χ0n) is 9.86. The monoisotopic (exact) mass is 241 g/mol. The van der Waals surface area contributed by atoms with E-state index in [0.29, 0.717) is 29.8 Å². The normalized spacial score (nSPS) is 15.1. The molecule has 0 aliphatic heterocycles. The number of nitriles is 2. The molecule has 0 heterocycles. The van der Waals surface area contributed by atoms with Crippen molar-refractivity contribution in [3.63, 3.8) is 0 Å².